The second-order valence-corrected chi connectivity index (χ2v) is 7.41. The van der Waals surface area contributed by atoms with E-state index in [1.54, 1.807) is 0 Å². The highest BCUT2D eigenvalue weighted by Crippen LogP contribution is 2.22. The molecule has 2 nitrogen and oxygen atoms in total. The van der Waals surface area contributed by atoms with Crippen LogP contribution in [0, 0.1) is 34.0 Å². The number of hydrogen-bond acceptors (Lipinski definition) is 0. The Hall–Kier alpha value is -3.13. The van der Waals surface area contributed by atoms with Crippen LogP contribution in [0.3, 0.4) is 0 Å². The summed E-state index contributed by atoms with van der Waals surface area (Å²) >= 11 is 0. The van der Waals surface area contributed by atoms with Gasteiger partial charge in [0.25, 0.3) is 6.33 Å². The molecule has 27 heavy (non-hydrogen) atoms. The number of hydrogen-bond donors (Lipinski definition) is 0. The maximum atomic E-state index is 3.41. The molecular formula is C25H24N2. The van der Waals surface area contributed by atoms with Gasteiger partial charge in [-0.15, -0.1) is 0 Å². The maximum Gasteiger partial charge on any atom is 0.268 e. The lowest BCUT2D eigenvalue weighted by Crippen LogP contribution is -2.27. The third kappa shape index (κ3) is 3.70. The quantitative estimate of drug-likeness (QED) is 0.342. The van der Waals surface area contributed by atoms with E-state index in [0.29, 0.717) is 0 Å². The lowest BCUT2D eigenvalue weighted by atomic mass is 10.0. The van der Waals surface area contributed by atoms with Crippen molar-refractivity contribution in [3.05, 3.63) is 102 Å². The Morgan fingerprint density at radius 1 is 0.667 bits per heavy atom. The Morgan fingerprint density at radius 3 is 1.81 bits per heavy atom. The molecule has 0 N–H and O–H groups in total. The van der Waals surface area contributed by atoms with E-state index < -0.39 is 0 Å². The first-order valence-electron chi connectivity index (χ1n) is 9.28. The smallest absolute Gasteiger partial charge is 0.268 e. The molecule has 0 aliphatic rings. The molecule has 1 aromatic heterocycles. The van der Waals surface area contributed by atoms with Crippen LogP contribution >= 0.6 is 0 Å². The molecule has 4 rings (SSSR count). The molecule has 2 heteroatoms. The molecule has 3 aromatic carbocycles. The van der Waals surface area contributed by atoms with Crippen molar-refractivity contribution in [3.8, 4) is 22.5 Å². The summed E-state index contributed by atoms with van der Waals surface area (Å²) in [5.74, 6) is 0. The van der Waals surface area contributed by atoms with Crippen molar-refractivity contribution >= 4 is 0 Å². The van der Waals surface area contributed by atoms with Crippen LogP contribution in [0.5, 0.6) is 0 Å². The van der Waals surface area contributed by atoms with Crippen LogP contribution in [-0.4, -0.2) is 4.57 Å². The van der Waals surface area contributed by atoms with Crippen molar-refractivity contribution in [3.63, 3.8) is 0 Å². The number of aromatic nitrogens is 2. The number of rotatable bonds is 3. The van der Waals surface area contributed by atoms with Gasteiger partial charge in [0.15, 0.2) is 0 Å². The highest BCUT2D eigenvalue weighted by Gasteiger charge is 2.05. The van der Waals surface area contributed by atoms with E-state index in [1.807, 2.05) is 21.5 Å². The fraction of sp³-hybridized carbons (Fsp3) is 0.160. The molecule has 0 bridgehead atoms. The maximum absolute atomic E-state index is 3.41. The average Bonchev–Trinajstić information content (AvgIpc) is 3.10. The summed E-state index contributed by atoms with van der Waals surface area (Å²) in [6.45, 7) is 8.54. The second-order valence-electron chi connectivity index (χ2n) is 7.41. The van der Waals surface area contributed by atoms with Crippen LogP contribution in [-0.2, 0) is 0 Å². The Balaban J connectivity index is 1.64. The van der Waals surface area contributed by atoms with Crippen molar-refractivity contribution in [1.82, 2.24) is 4.57 Å². The monoisotopic (exact) mass is 352 g/mol. The van der Waals surface area contributed by atoms with Crippen molar-refractivity contribution in [2.45, 2.75) is 27.7 Å². The molecule has 4 aromatic rings. The van der Waals surface area contributed by atoms with Gasteiger partial charge in [0, 0.05) is 12.4 Å². The standard InChI is InChI=1S/C25H24N2/c1-18-11-19(2)14-23(13-18)22-5-7-24(8-6-22)26-9-10-27(17-26)25-15-20(3)12-21(4)16-25/h5-16H,1-4H3. The molecule has 0 aliphatic carbocycles. The predicted octanol–water partition coefficient (Wildman–Crippen LogP) is 5.45. The number of imidazole rings is 1. The molecule has 0 saturated heterocycles. The minimum absolute atomic E-state index is 1.10. The topological polar surface area (TPSA) is 8.81 Å². The van der Waals surface area contributed by atoms with E-state index in [9.17, 15) is 0 Å². The van der Waals surface area contributed by atoms with E-state index in [-0.39, 0.29) is 0 Å². The van der Waals surface area contributed by atoms with Gasteiger partial charge in [-0.3, -0.25) is 9.13 Å². The van der Waals surface area contributed by atoms with Crippen LogP contribution in [0.4, 0.5) is 0 Å². The van der Waals surface area contributed by atoms with E-state index in [0.717, 1.165) is 11.4 Å². The Morgan fingerprint density at radius 2 is 1.22 bits per heavy atom. The van der Waals surface area contributed by atoms with Crippen LogP contribution < -0.4 is 4.57 Å². The van der Waals surface area contributed by atoms with Gasteiger partial charge in [-0.25, -0.2) is 0 Å². The number of benzene rings is 3. The van der Waals surface area contributed by atoms with Crippen LogP contribution in [0.15, 0.2) is 73.1 Å². The lowest BCUT2D eigenvalue weighted by Gasteiger charge is -2.07. The highest BCUT2D eigenvalue weighted by molar-refractivity contribution is 5.65. The SMILES string of the molecule is Cc1cc(C)cc(-c2ccc(-[n+]3[c-]n(-c4cc(C)cc(C)c4)cc3)cc2)c1. The van der Waals surface area contributed by atoms with Gasteiger partial charge >= 0.3 is 0 Å². The summed E-state index contributed by atoms with van der Waals surface area (Å²) in [7, 11) is 0. The molecule has 0 unspecified atom stereocenters. The summed E-state index contributed by atoms with van der Waals surface area (Å²) in [6.07, 6.45) is 7.50. The first-order valence-corrected chi connectivity index (χ1v) is 9.28. The zero-order valence-corrected chi connectivity index (χ0v) is 16.3. The van der Waals surface area contributed by atoms with Gasteiger partial charge in [0.05, 0.1) is 11.4 Å². The summed E-state index contributed by atoms with van der Waals surface area (Å²) in [5, 5.41) is 0. The Bertz CT molecular complexity index is 1060. The molecule has 0 saturated carbocycles. The summed E-state index contributed by atoms with van der Waals surface area (Å²) in [4.78, 5) is 0. The minimum atomic E-state index is 1.10. The lowest BCUT2D eigenvalue weighted by molar-refractivity contribution is -0.599. The first-order chi connectivity index (χ1) is 13.0. The summed E-state index contributed by atoms with van der Waals surface area (Å²) < 4.78 is 4.07. The Labute approximate surface area is 161 Å². The van der Waals surface area contributed by atoms with Crippen molar-refractivity contribution < 1.29 is 4.57 Å². The highest BCUT2D eigenvalue weighted by atomic mass is 15.1. The summed E-state index contributed by atoms with van der Waals surface area (Å²) in [6, 6.07) is 21.9. The molecule has 0 atom stereocenters. The normalized spacial score (nSPS) is 11.0. The summed E-state index contributed by atoms with van der Waals surface area (Å²) in [5.41, 5.74) is 9.85. The zero-order valence-electron chi connectivity index (χ0n) is 16.3. The Kier molecular flexibility index (Phi) is 4.41. The molecule has 1 heterocycles. The van der Waals surface area contributed by atoms with Crippen molar-refractivity contribution in [2.75, 3.05) is 0 Å². The first kappa shape index (κ1) is 17.3. The molecule has 0 spiro atoms. The van der Waals surface area contributed by atoms with Gasteiger partial charge in [-0.1, -0.05) is 58.7 Å². The van der Waals surface area contributed by atoms with Crippen molar-refractivity contribution in [2.24, 2.45) is 0 Å². The van der Waals surface area contributed by atoms with Gasteiger partial charge in [-0.05, 0) is 63.1 Å². The van der Waals surface area contributed by atoms with Crippen LogP contribution in [0.2, 0.25) is 0 Å². The number of aryl methyl sites for hydroxylation is 4. The van der Waals surface area contributed by atoms with Crippen molar-refractivity contribution in [1.29, 1.82) is 0 Å². The van der Waals surface area contributed by atoms with E-state index in [1.165, 1.54) is 33.4 Å². The third-order valence-corrected chi connectivity index (χ3v) is 4.77. The molecule has 0 fully saturated rings. The van der Waals surface area contributed by atoms with Gasteiger partial charge in [0.1, 0.15) is 0 Å². The van der Waals surface area contributed by atoms with Gasteiger partial charge in [-0.2, -0.15) is 0 Å². The van der Waals surface area contributed by atoms with Gasteiger partial charge < -0.3 is 0 Å². The second kappa shape index (κ2) is 6.88. The predicted molar refractivity (Wildman–Crippen MR) is 111 cm³/mol. The van der Waals surface area contributed by atoms with Crippen LogP contribution in [0.1, 0.15) is 22.3 Å². The molecule has 0 amide bonds. The minimum Gasteiger partial charge on any atom is -0.299 e. The zero-order chi connectivity index (χ0) is 19.0. The fourth-order valence-corrected chi connectivity index (χ4v) is 3.65. The van der Waals surface area contributed by atoms with E-state index in [4.69, 9.17) is 0 Å². The molecule has 134 valence electrons. The largest absolute Gasteiger partial charge is 0.299 e. The third-order valence-electron chi connectivity index (χ3n) is 4.77. The molecular weight excluding hydrogens is 328 g/mol. The average molecular weight is 352 g/mol. The molecule has 0 radical (unpaired) electrons. The van der Waals surface area contributed by atoms with E-state index in [2.05, 4.69) is 94.7 Å². The fourth-order valence-electron chi connectivity index (χ4n) is 3.65. The molecule has 0 aliphatic heterocycles. The van der Waals surface area contributed by atoms with Gasteiger partial charge in [0.2, 0.25) is 0 Å². The van der Waals surface area contributed by atoms with Crippen LogP contribution in [0.25, 0.3) is 22.5 Å². The van der Waals surface area contributed by atoms with E-state index >= 15 is 0 Å². The number of nitrogens with zero attached hydrogens (tertiary/aromatic N) is 2.